The van der Waals surface area contributed by atoms with Crippen LogP contribution in [0.5, 0.6) is 0 Å². The molecule has 0 unspecified atom stereocenters. The van der Waals surface area contributed by atoms with E-state index in [1.807, 2.05) is 15.9 Å². The lowest BCUT2D eigenvalue weighted by atomic mass is 10.1. The molecular weight excluding hydrogens is 310 g/mol. The number of rotatable bonds is 1. The Bertz CT molecular complexity index is 793. The van der Waals surface area contributed by atoms with Gasteiger partial charge in [0.2, 0.25) is 0 Å². The lowest BCUT2D eigenvalue weighted by Gasteiger charge is -2.38. The average Bonchev–Trinajstić information content (AvgIpc) is 3.08. The minimum Gasteiger partial charge on any atom is -0.368 e. The van der Waals surface area contributed by atoms with E-state index in [2.05, 4.69) is 55.1 Å². The predicted molar refractivity (Wildman–Crippen MR) is 103 cm³/mol. The van der Waals surface area contributed by atoms with Crippen LogP contribution in [0, 0.1) is 13.8 Å². The number of carbonyl (C=O) groups excluding carboxylic acids is 1. The van der Waals surface area contributed by atoms with Gasteiger partial charge in [0.15, 0.2) is 0 Å². The number of amides is 2. The van der Waals surface area contributed by atoms with E-state index in [0.717, 1.165) is 44.8 Å². The molecule has 2 amide bonds. The summed E-state index contributed by atoms with van der Waals surface area (Å²) in [5.41, 5.74) is 6.34. The van der Waals surface area contributed by atoms with Gasteiger partial charge in [0.05, 0.1) is 0 Å². The topological polar surface area (TPSA) is 26.8 Å². The Kier molecular flexibility index (Phi) is 4.12. The number of fused-ring (bicyclic) bond motifs is 1. The van der Waals surface area contributed by atoms with Gasteiger partial charge in [0.1, 0.15) is 0 Å². The van der Waals surface area contributed by atoms with Crippen LogP contribution in [0.2, 0.25) is 0 Å². The Hall–Kier alpha value is -2.49. The molecule has 0 radical (unpaired) electrons. The van der Waals surface area contributed by atoms with Gasteiger partial charge < -0.3 is 9.80 Å². The summed E-state index contributed by atoms with van der Waals surface area (Å²) < 4.78 is 0. The molecule has 2 aliphatic rings. The molecule has 0 saturated carbocycles. The van der Waals surface area contributed by atoms with Gasteiger partial charge in [-0.05, 0) is 49.1 Å². The maximum atomic E-state index is 13.0. The zero-order chi connectivity index (χ0) is 17.4. The van der Waals surface area contributed by atoms with E-state index in [4.69, 9.17) is 0 Å². The molecule has 4 rings (SSSR count). The zero-order valence-corrected chi connectivity index (χ0v) is 15.0. The van der Waals surface area contributed by atoms with Crippen LogP contribution >= 0.6 is 0 Å². The molecule has 2 aromatic rings. The van der Waals surface area contributed by atoms with Crippen molar-refractivity contribution in [2.75, 3.05) is 42.5 Å². The maximum absolute atomic E-state index is 13.0. The average molecular weight is 335 g/mol. The Labute approximate surface area is 149 Å². The number of aryl methyl sites for hydroxylation is 1. The Morgan fingerprint density at radius 2 is 1.56 bits per heavy atom. The fourth-order valence-corrected chi connectivity index (χ4v) is 3.92. The van der Waals surface area contributed by atoms with Crippen molar-refractivity contribution in [1.82, 2.24) is 4.90 Å². The molecule has 4 nitrogen and oxygen atoms in total. The number of anilines is 2. The first-order valence-corrected chi connectivity index (χ1v) is 9.10. The van der Waals surface area contributed by atoms with Crippen LogP contribution in [0.25, 0.3) is 0 Å². The van der Waals surface area contributed by atoms with Crippen LogP contribution in [0.4, 0.5) is 16.2 Å². The molecule has 25 heavy (non-hydrogen) atoms. The van der Waals surface area contributed by atoms with Crippen molar-refractivity contribution in [3.63, 3.8) is 0 Å². The largest absolute Gasteiger partial charge is 0.368 e. The summed E-state index contributed by atoms with van der Waals surface area (Å²) in [6.07, 6.45) is 0.963. The van der Waals surface area contributed by atoms with E-state index in [9.17, 15) is 4.79 Å². The second kappa shape index (κ2) is 6.43. The molecule has 2 aromatic carbocycles. The van der Waals surface area contributed by atoms with E-state index >= 15 is 0 Å². The highest BCUT2D eigenvalue weighted by Gasteiger charge is 2.30. The third kappa shape index (κ3) is 2.86. The number of para-hydroxylation sites is 1. The summed E-state index contributed by atoms with van der Waals surface area (Å²) in [7, 11) is 0. The van der Waals surface area contributed by atoms with Gasteiger partial charge in [0.25, 0.3) is 0 Å². The predicted octanol–water partition coefficient (Wildman–Crippen LogP) is 3.61. The number of hydrogen-bond acceptors (Lipinski definition) is 2. The SMILES string of the molecule is Cc1cccc(N2CCN(C(=O)N3CCc4ccccc43)CC2)c1C. The van der Waals surface area contributed by atoms with Gasteiger partial charge in [-0.25, -0.2) is 4.79 Å². The van der Waals surface area contributed by atoms with Crippen molar-refractivity contribution < 1.29 is 4.79 Å². The molecule has 2 aliphatic heterocycles. The van der Waals surface area contributed by atoms with Crippen molar-refractivity contribution in [3.8, 4) is 0 Å². The van der Waals surface area contributed by atoms with Gasteiger partial charge in [-0.2, -0.15) is 0 Å². The van der Waals surface area contributed by atoms with Crippen molar-refractivity contribution in [3.05, 3.63) is 59.2 Å². The fourth-order valence-electron chi connectivity index (χ4n) is 3.92. The molecule has 0 spiro atoms. The van der Waals surface area contributed by atoms with E-state index < -0.39 is 0 Å². The van der Waals surface area contributed by atoms with Crippen LogP contribution in [-0.2, 0) is 6.42 Å². The quantitative estimate of drug-likeness (QED) is 0.796. The smallest absolute Gasteiger partial charge is 0.324 e. The molecule has 130 valence electrons. The first-order valence-electron chi connectivity index (χ1n) is 9.10. The van der Waals surface area contributed by atoms with Crippen LogP contribution < -0.4 is 9.80 Å². The summed E-state index contributed by atoms with van der Waals surface area (Å²) in [6.45, 7) is 8.50. The minimum absolute atomic E-state index is 0.158. The van der Waals surface area contributed by atoms with E-state index in [0.29, 0.717) is 0 Å². The van der Waals surface area contributed by atoms with Crippen molar-refractivity contribution in [2.24, 2.45) is 0 Å². The Balaban J connectivity index is 1.44. The lowest BCUT2D eigenvalue weighted by molar-refractivity contribution is 0.201. The van der Waals surface area contributed by atoms with E-state index in [-0.39, 0.29) is 6.03 Å². The summed E-state index contributed by atoms with van der Waals surface area (Å²) in [5.74, 6) is 0. The first kappa shape index (κ1) is 16.0. The maximum Gasteiger partial charge on any atom is 0.324 e. The normalized spacial score (nSPS) is 17.0. The molecule has 1 fully saturated rings. The molecule has 2 heterocycles. The number of hydrogen-bond donors (Lipinski definition) is 0. The molecular formula is C21H25N3O. The third-order valence-electron chi connectivity index (χ3n) is 5.58. The fraction of sp³-hybridized carbons (Fsp3) is 0.381. The molecule has 0 aliphatic carbocycles. The van der Waals surface area contributed by atoms with Crippen LogP contribution in [0.15, 0.2) is 42.5 Å². The number of nitrogens with zero attached hydrogens (tertiary/aromatic N) is 3. The van der Waals surface area contributed by atoms with E-state index in [1.54, 1.807) is 0 Å². The summed E-state index contributed by atoms with van der Waals surface area (Å²) in [6, 6.07) is 14.9. The van der Waals surface area contributed by atoms with Crippen LogP contribution in [0.3, 0.4) is 0 Å². The molecule has 0 N–H and O–H groups in total. The highest BCUT2D eigenvalue weighted by atomic mass is 16.2. The second-order valence-electron chi connectivity index (χ2n) is 7.01. The van der Waals surface area contributed by atoms with Gasteiger partial charge >= 0.3 is 6.03 Å². The number of urea groups is 1. The van der Waals surface area contributed by atoms with Crippen LogP contribution in [0.1, 0.15) is 16.7 Å². The Morgan fingerprint density at radius 3 is 2.36 bits per heavy atom. The zero-order valence-electron chi connectivity index (χ0n) is 15.0. The molecule has 1 saturated heterocycles. The monoisotopic (exact) mass is 335 g/mol. The third-order valence-corrected chi connectivity index (χ3v) is 5.58. The van der Waals surface area contributed by atoms with Gasteiger partial charge in [0, 0.05) is 44.1 Å². The second-order valence-corrected chi connectivity index (χ2v) is 7.01. The van der Waals surface area contributed by atoms with Crippen LogP contribution in [-0.4, -0.2) is 43.7 Å². The first-order chi connectivity index (χ1) is 12.1. The van der Waals surface area contributed by atoms with E-state index in [1.165, 1.54) is 22.4 Å². The minimum atomic E-state index is 0.158. The van der Waals surface area contributed by atoms with Crippen molar-refractivity contribution in [2.45, 2.75) is 20.3 Å². The standard InChI is InChI=1S/C21H25N3O/c1-16-6-5-9-19(17(16)2)22-12-14-23(15-13-22)21(25)24-11-10-18-7-3-4-8-20(18)24/h3-9H,10-15H2,1-2H3. The lowest BCUT2D eigenvalue weighted by Crippen LogP contribution is -2.53. The Morgan fingerprint density at radius 1 is 0.840 bits per heavy atom. The summed E-state index contributed by atoms with van der Waals surface area (Å²) in [4.78, 5) is 19.3. The number of benzene rings is 2. The molecule has 4 heteroatoms. The molecule has 0 aromatic heterocycles. The number of carbonyl (C=O) groups is 1. The molecule has 0 bridgehead atoms. The van der Waals surface area contributed by atoms with Crippen molar-refractivity contribution in [1.29, 1.82) is 0 Å². The summed E-state index contributed by atoms with van der Waals surface area (Å²) in [5, 5.41) is 0. The highest BCUT2D eigenvalue weighted by molar-refractivity contribution is 5.94. The van der Waals surface area contributed by atoms with Crippen molar-refractivity contribution >= 4 is 17.4 Å². The summed E-state index contributed by atoms with van der Waals surface area (Å²) >= 11 is 0. The number of piperazine rings is 1. The van der Waals surface area contributed by atoms with Gasteiger partial charge in [-0.3, -0.25) is 4.90 Å². The highest BCUT2D eigenvalue weighted by Crippen LogP contribution is 2.29. The molecule has 0 atom stereocenters. The van der Waals surface area contributed by atoms with Gasteiger partial charge in [-0.1, -0.05) is 30.3 Å². The van der Waals surface area contributed by atoms with Gasteiger partial charge in [-0.15, -0.1) is 0 Å².